The maximum Gasteiger partial charge on any atom is 0.100 e. The van der Waals surface area contributed by atoms with E-state index in [0.29, 0.717) is 29.6 Å². The van der Waals surface area contributed by atoms with E-state index >= 15 is 0 Å². The Balaban J connectivity index is 1.33. The number of unbranched alkanes of at least 4 members (excludes halogenated alkanes) is 5. The zero-order chi connectivity index (χ0) is 27.0. The first-order chi connectivity index (χ1) is 18.6. The Hall–Kier alpha value is -1.00. The summed E-state index contributed by atoms with van der Waals surface area (Å²) < 4.78 is 5.75. The van der Waals surface area contributed by atoms with Gasteiger partial charge in [0, 0.05) is 23.7 Å². The van der Waals surface area contributed by atoms with Gasteiger partial charge >= 0.3 is 0 Å². The molecule has 0 aromatic carbocycles. The summed E-state index contributed by atoms with van der Waals surface area (Å²) >= 11 is 0. The standard InChI is InChI=1S/C35H58O3/c1-3-5-6-7-8-9-10-28-11-13-29(14-12-28)17-21-33-22-18-31(25-32(33)4-2)16-15-30-19-23-35(24-20-30)38-27-34(37)26-36/h28-37H,3-14,18-20,22-27H2,1-2H3. The van der Waals surface area contributed by atoms with Crippen LogP contribution in [0.15, 0.2) is 0 Å². The molecular weight excluding hydrogens is 468 g/mol. The molecule has 0 bridgehead atoms. The van der Waals surface area contributed by atoms with Gasteiger partial charge in [0.25, 0.3) is 0 Å². The normalized spacial score (nSPS) is 32.5. The molecule has 0 saturated heterocycles. The molecule has 3 fully saturated rings. The third kappa shape index (κ3) is 11.6. The molecule has 0 spiro atoms. The summed E-state index contributed by atoms with van der Waals surface area (Å²) in [5.74, 6) is 18.8. The Labute approximate surface area is 235 Å². The van der Waals surface area contributed by atoms with Crippen LogP contribution in [0.1, 0.15) is 136 Å². The molecule has 0 radical (unpaired) electrons. The largest absolute Gasteiger partial charge is 0.394 e. The van der Waals surface area contributed by atoms with E-state index < -0.39 is 6.10 Å². The van der Waals surface area contributed by atoms with E-state index in [1.807, 2.05) is 0 Å². The first kappa shape index (κ1) is 31.5. The van der Waals surface area contributed by atoms with Crippen molar-refractivity contribution >= 4 is 0 Å². The SMILES string of the molecule is CCCCCCCCC1CCC(C#CC2CCC(C#CC3CCC(OCC(O)CO)CC3)CC2CC)CC1. The van der Waals surface area contributed by atoms with Crippen LogP contribution >= 0.6 is 0 Å². The van der Waals surface area contributed by atoms with Crippen molar-refractivity contribution in [1.29, 1.82) is 0 Å². The molecule has 0 amide bonds. The van der Waals surface area contributed by atoms with E-state index in [1.165, 1.54) is 96.3 Å². The van der Waals surface area contributed by atoms with Crippen LogP contribution in [0.3, 0.4) is 0 Å². The van der Waals surface area contributed by atoms with Gasteiger partial charge in [-0.2, -0.15) is 0 Å². The summed E-state index contributed by atoms with van der Waals surface area (Å²) in [5, 5.41) is 18.4. The second-order valence-electron chi connectivity index (χ2n) is 12.8. The van der Waals surface area contributed by atoms with Crippen molar-refractivity contribution in [2.75, 3.05) is 13.2 Å². The van der Waals surface area contributed by atoms with Gasteiger partial charge in [-0.1, -0.05) is 88.9 Å². The van der Waals surface area contributed by atoms with Crippen molar-refractivity contribution in [2.45, 2.75) is 148 Å². The minimum absolute atomic E-state index is 0.211. The van der Waals surface area contributed by atoms with Gasteiger partial charge in [-0.3, -0.25) is 0 Å². The second kappa shape index (κ2) is 18.4. The molecule has 3 nitrogen and oxygen atoms in total. The van der Waals surface area contributed by atoms with E-state index in [4.69, 9.17) is 9.84 Å². The summed E-state index contributed by atoms with van der Waals surface area (Å²) in [4.78, 5) is 0. The van der Waals surface area contributed by atoms with Gasteiger partial charge < -0.3 is 14.9 Å². The van der Waals surface area contributed by atoms with Gasteiger partial charge in [-0.25, -0.2) is 0 Å². The fourth-order valence-corrected chi connectivity index (χ4v) is 6.98. The summed E-state index contributed by atoms with van der Waals surface area (Å²) in [6.45, 7) is 4.65. The van der Waals surface area contributed by atoms with Crippen molar-refractivity contribution in [3.05, 3.63) is 0 Å². The molecule has 0 heterocycles. The van der Waals surface area contributed by atoms with Gasteiger partial charge in [-0.15, -0.1) is 0 Å². The lowest BCUT2D eigenvalue weighted by molar-refractivity contribution is -0.0420. The Kier molecular flexibility index (Phi) is 15.2. The quantitative estimate of drug-likeness (QED) is 0.201. The lowest BCUT2D eigenvalue weighted by atomic mass is 9.72. The van der Waals surface area contributed by atoms with Gasteiger partial charge in [-0.05, 0) is 82.5 Å². The molecule has 3 heteroatoms. The molecule has 0 aliphatic heterocycles. The van der Waals surface area contributed by atoms with E-state index in [0.717, 1.165) is 31.6 Å². The van der Waals surface area contributed by atoms with E-state index in [-0.39, 0.29) is 19.3 Å². The van der Waals surface area contributed by atoms with Crippen molar-refractivity contribution < 1.29 is 14.9 Å². The molecule has 2 N–H and O–H groups in total. The highest BCUT2D eigenvalue weighted by atomic mass is 16.5. The zero-order valence-electron chi connectivity index (χ0n) is 24.8. The monoisotopic (exact) mass is 526 g/mol. The summed E-state index contributed by atoms with van der Waals surface area (Å²) in [5.41, 5.74) is 0. The smallest absolute Gasteiger partial charge is 0.100 e. The molecule has 0 aromatic rings. The molecule has 3 aliphatic carbocycles. The van der Waals surface area contributed by atoms with Crippen molar-refractivity contribution in [1.82, 2.24) is 0 Å². The first-order valence-corrected chi connectivity index (χ1v) is 16.5. The highest BCUT2D eigenvalue weighted by Gasteiger charge is 2.28. The summed E-state index contributed by atoms with van der Waals surface area (Å²) in [6, 6.07) is 0. The van der Waals surface area contributed by atoms with Crippen LogP contribution in [0.25, 0.3) is 0 Å². The Morgan fingerprint density at radius 2 is 1.32 bits per heavy atom. The maximum atomic E-state index is 9.48. The van der Waals surface area contributed by atoms with Crippen molar-refractivity contribution in [3.63, 3.8) is 0 Å². The van der Waals surface area contributed by atoms with E-state index in [2.05, 4.69) is 37.5 Å². The number of rotatable bonds is 12. The second-order valence-corrected chi connectivity index (χ2v) is 12.8. The fourth-order valence-electron chi connectivity index (χ4n) is 6.98. The minimum atomic E-state index is -0.756. The van der Waals surface area contributed by atoms with Gasteiger partial charge in [0.05, 0.1) is 19.3 Å². The molecule has 3 aliphatic rings. The van der Waals surface area contributed by atoms with Gasteiger partial charge in [0.15, 0.2) is 0 Å². The lowest BCUT2D eigenvalue weighted by Crippen LogP contribution is -2.27. The topological polar surface area (TPSA) is 49.7 Å². The van der Waals surface area contributed by atoms with Crippen LogP contribution in [0.5, 0.6) is 0 Å². The summed E-state index contributed by atoms with van der Waals surface area (Å²) in [7, 11) is 0. The number of hydrogen-bond acceptors (Lipinski definition) is 3. The van der Waals surface area contributed by atoms with E-state index in [9.17, 15) is 5.11 Å². The zero-order valence-corrected chi connectivity index (χ0v) is 24.8. The molecule has 216 valence electrons. The number of hydrogen-bond donors (Lipinski definition) is 2. The highest BCUT2D eigenvalue weighted by molar-refractivity contribution is 5.14. The summed E-state index contributed by atoms with van der Waals surface area (Å²) in [6.07, 6.45) is 24.0. The molecule has 3 saturated carbocycles. The molecule has 3 rings (SSSR count). The third-order valence-corrected chi connectivity index (χ3v) is 9.69. The highest BCUT2D eigenvalue weighted by Crippen LogP contribution is 2.37. The Bertz CT molecular complexity index is 739. The molecule has 38 heavy (non-hydrogen) atoms. The Morgan fingerprint density at radius 3 is 2.00 bits per heavy atom. The minimum Gasteiger partial charge on any atom is -0.394 e. The molecular formula is C35H58O3. The van der Waals surface area contributed by atoms with Gasteiger partial charge in [0.1, 0.15) is 6.10 Å². The average molecular weight is 527 g/mol. The van der Waals surface area contributed by atoms with Crippen LogP contribution in [-0.4, -0.2) is 35.6 Å². The van der Waals surface area contributed by atoms with Gasteiger partial charge in [0.2, 0.25) is 0 Å². The van der Waals surface area contributed by atoms with E-state index in [1.54, 1.807) is 0 Å². The maximum absolute atomic E-state index is 9.48. The number of ether oxygens (including phenoxy) is 1. The number of aliphatic hydroxyl groups excluding tert-OH is 2. The first-order valence-electron chi connectivity index (χ1n) is 16.5. The van der Waals surface area contributed by atoms with Crippen LogP contribution in [0.2, 0.25) is 0 Å². The van der Waals surface area contributed by atoms with Crippen LogP contribution in [0, 0.1) is 59.2 Å². The predicted octanol–water partition coefficient (Wildman–Crippen LogP) is 7.92. The third-order valence-electron chi connectivity index (χ3n) is 9.69. The molecule has 4 atom stereocenters. The Morgan fingerprint density at radius 1 is 0.711 bits per heavy atom. The predicted molar refractivity (Wildman–Crippen MR) is 158 cm³/mol. The van der Waals surface area contributed by atoms with Crippen LogP contribution in [-0.2, 0) is 4.74 Å². The lowest BCUT2D eigenvalue weighted by Gasteiger charge is -2.31. The average Bonchev–Trinajstić information content (AvgIpc) is 2.96. The van der Waals surface area contributed by atoms with Crippen molar-refractivity contribution in [2.24, 2.45) is 35.5 Å². The van der Waals surface area contributed by atoms with Crippen LogP contribution < -0.4 is 0 Å². The molecule has 0 aromatic heterocycles. The van der Waals surface area contributed by atoms with Crippen LogP contribution in [0.4, 0.5) is 0 Å². The molecule has 4 unspecified atom stereocenters. The van der Waals surface area contributed by atoms with Crippen molar-refractivity contribution in [3.8, 4) is 23.7 Å². The fraction of sp³-hybridized carbons (Fsp3) is 0.886. The number of aliphatic hydroxyl groups is 2.